The van der Waals surface area contributed by atoms with Crippen LogP contribution < -0.4 is 5.32 Å². The molecule has 8 nitrogen and oxygen atoms in total. The van der Waals surface area contributed by atoms with Gasteiger partial charge < -0.3 is 5.32 Å². The van der Waals surface area contributed by atoms with Crippen LogP contribution in [0.5, 0.6) is 0 Å². The standard InChI is InChI=1S/C20H16N6O2S/c1-13(27)15-3-2-4-16(11-15)22-19(28)12-29-20-24-23-18-6-5-17(25-26(18)20)14-7-9-21-10-8-14/h2-11H,12H2,1H3,(H,22,28). The number of thioether (sulfide) groups is 1. The SMILES string of the molecule is CC(=O)c1cccc(NC(=O)CSc2nnc3ccc(-c4ccncc4)nn23)c1. The van der Waals surface area contributed by atoms with Crippen LogP contribution in [0.2, 0.25) is 0 Å². The van der Waals surface area contributed by atoms with Gasteiger partial charge in [-0.3, -0.25) is 14.6 Å². The van der Waals surface area contributed by atoms with Crippen LogP contribution in [-0.2, 0) is 4.79 Å². The summed E-state index contributed by atoms with van der Waals surface area (Å²) in [5.74, 6) is -0.133. The van der Waals surface area contributed by atoms with E-state index >= 15 is 0 Å². The minimum Gasteiger partial charge on any atom is -0.325 e. The van der Waals surface area contributed by atoms with E-state index < -0.39 is 0 Å². The Balaban J connectivity index is 1.47. The van der Waals surface area contributed by atoms with E-state index in [4.69, 9.17) is 0 Å². The molecule has 0 aliphatic rings. The fraction of sp³-hybridized carbons (Fsp3) is 0.100. The van der Waals surface area contributed by atoms with Gasteiger partial charge in [0.15, 0.2) is 11.4 Å². The third-order valence-electron chi connectivity index (χ3n) is 4.10. The Morgan fingerprint density at radius 1 is 1.07 bits per heavy atom. The van der Waals surface area contributed by atoms with Crippen LogP contribution in [0.4, 0.5) is 5.69 Å². The summed E-state index contributed by atoms with van der Waals surface area (Å²) < 4.78 is 1.62. The second-order valence-corrected chi connectivity index (χ2v) is 7.12. The molecule has 9 heteroatoms. The van der Waals surface area contributed by atoms with Crippen LogP contribution in [0.25, 0.3) is 16.9 Å². The summed E-state index contributed by atoms with van der Waals surface area (Å²) >= 11 is 1.23. The van der Waals surface area contributed by atoms with Crippen molar-refractivity contribution in [3.8, 4) is 11.3 Å². The highest BCUT2D eigenvalue weighted by molar-refractivity contribution is 7.99. The molecule has 0 saturated carbocycles. The number of hydrogen-bond donors (Lipinski definition) is 1. The van der Waals surface area contributed by atoms with Crippen molar-refractivity contribution in [2.45, 2.75) is 12.1 Å². The molecule has 4 rings (SSSR count). The van der Waals surface area contributed by atoms with Crippen LogP contribution in [0.15, 0.2) is 66.1 Å². The molecule has 29 heavy (non-hydrogen) atoms. The quantitative estimate of drug-likeness (QED) is 0.389. The normalized spacial score (nSPS) is 10.8. The largest absolute Gasteiger partial charge is 0.325 e. The van der Waals surface area contributed by atoms with Gasteiger partial charge in [0.05, 0.1) is 11.4 Å². The highest BCUT2D eigenvalue weighted by Gasteiger charge is 2.12. The minimum absolute atomic E-state index is 0.0542. The molecule has 1 N–H and O–H groups in total. The molecule has 3 heterocycles. The van der Waals surface area contributed by atoms with E-state index in [0.29, 0.717) is 22.1 Å². The topological polar surface area (TPSA) is 102 Å². The Morgan fingerprint density at radius 2 is 1.90 bits per heavy atom. The average Bonchev–Trinajstić information content (AvgIpc) is 3.15. The number of pyridine rings is 1. The number of carbonyl (C=O) groups is 2. The summed E-state index contributed by atoms with van der Waals surface area (Å²) in [6, 6.07) is 14.3. The Labute approximate surface area is 170 Å². The van der Waals surface area contributed by atoms with Gasteiger partial charge in [0.2, 0.25) is 11.1 Å². The number of hydrogen-bond acceptors (Lipinski definition) is 7. The second kappa shape index (κ2) is 8.19. The highest BCUT2D eigenvalue weighted by atomic mass is 32.2. The molecule has 3 aromatic heterocycles. The molecule has 144 valence electrons. The second-order valence-electron chi connectivity index (χ2n) is 6.18. The maximum absolute atomic E-state index is 12.3. The molecule has 0 aliphatic heterocycles. The zero-order chi connectivity index (χ0) is 20.2. The van der Waals surface area contributed by atoms with Crippen molar-refractivity contribution in [2.75, 3.05) is 11.1 Å². The van der Waals surface area contributed by atoms with Gasteiger partial charge in [-0.15, -0.1) is 10.2 Å². The first-order valence-electron chi connectivity index (χ1n) is 8.77. The van der Waals surface area contributed by atoms with Crippen molar-refractivity contribution in [3.05, 3.63) is 66.5 Å². The van der Waals surface area contributed by atoms with E-state index in [0.717, 1.165) is 11.3 Å². The van der Waals surface area contributed by atoms with E-state index in [2.05, 4.69) is 25.6 Å². The zero-order valence-electron chi connectivity index (χ0n) is 15.4. The van der Waals surface area contributed by atoms with Gasteiger partial charge in [0.25, 0.3) is 0 Å². The summed E-state index contributed by atoms with van der Waals surface area (Å²) in [7, 11) is 0. The van der Waals surface area contributed by atoms with Crippen LogP contribution in [-0.4, -0.2) is 42.2 Å². The summed E-state index contributed by atoms with van der Waals surface area (Å²) in [6.07, 6.45) is 3.41. The maximum atomic E-state index is 12.3. The number of anilines is 1. The van der Waals surface area contributed by atoms with E-state index in [1.165, 1.54) is 18.7 Å². The van der Waals surface area contributed by atoms with Gasteiger partial charge in [-0.05, 0) is 43.3 Å². The van der Waals surface area contributed by atoms with Crippen LogP contribution >= 0.6 is 11.8 Å². The lowest BCUT2D eigenvalue weighted by Crippen LogP contribution is -2.14. The zero-order valence-corrected chi connectivity index (χ0v) is 16.3. The number of rotatable bonds is 6. The number of amides is 1. The van der Waals surface area contributed by atoms with Gasteiger partial charge in [0, 0.05) is 29.2 Å². The summed E-state index contributed by atoms with van der Waals surface area (Å²) in [6.45, 7) is 1.49. The van der Waals surface area contributed by atoms with Gasteiger partial charge in [0.1, 0.15) is 0 Å². The lowest BCUT2D eigenvalue weighted by molar-refractivity contribution is -0.113. The van der Waals surface area contributed by atoms with Gasteiger partial charge >= 0.3 is 0 Å². The first-order chi connectivity index (χ1) is 14.1. The number of fused-ring (bicyclic) bond motifs is 1. The van der Waals surface area contributed by atoms with Crippen molar-refractivity contribution >= 4 is 34.8 Å². The first kappa shape index (κ1) is 18.8. The van der Waals surface area contributed by atoms with E-state index in [-0.39, 0.29) is 17.4 Å². The molecule has 0 aliphatic carbocycles. The van der Waals surface area contributed by atoms with Gasteiger partial charge in [-0.25, -0.2) is 0 Å². The smallest absolute Gasteiger partial charge is 0.234 e. The molecule has 0 spiro atoms. The molecule has 4 aromatic rings. The minimum atomic E-state index is -0.210. The maximum Gasteiger partial charge on any atom is 0.234 e. The predicted octanol–water partition coefficient (Wildman–Crippen LogP) is 3.12. The molecule has 1 amide bonds. The third-order valence-corrected chi connectivity index (χ3v) is 5.01. The van der Waals surface area contributed by atoms with Crippen molar-refractivity contribution in [3.63, 3.8) is 0 Å². The number of carbonyl (C=O) groups excluding carboxylic acids is 2. The number of benzene rings is 1. The summed E-state index contributed by atoms with van der Waals surface area (Å²) in [4.78, 5) is 27.8. The van der Waals surface area contributed by atoms with Crippen molar-refractivity contribution in [1.82, 2.24) is 24.8 Å². The average molecular weight is 404 g/mol. The molecule has 0 radical (unpaired) electrons. The van der Waals surface area contributed by atoms with Crippen LogP contribution in [0.3, 0.4) is 0 Å². The number of ketones is 1. The highest BCUT2D eigenvalue weighted by Crippen LogP contribution is 2.20. The Kier molecular flexibility index (Phi) is 5.30. The molecule has 0 saturated heterocycles. The van der Waals surface area contributed by atoms with Crippen molar-refractivity contribution in [1.29, 1.82) is 0 Å². The third kappa shape index (κ3) is 4.30. The molecule has 0 fully saturated rings. The van der Waals surface area contributed by atoms with E-state index in [1.807, 2.05) is 24.3 Å². The first-order valence-corrected chi connectivity index (χ1v) is 9.75. The Bertz CT molecular complexity index is 1190. The van der Waals surface area contributed by atoms with Crippen LogP contribution in [0, 0.1) is 0 Å². The fourth-order valence-electron chi connectivity index (χ4n) is 2.68. The van der Waals surface area contributed by atoms with E-state index in [1.54, 1.807) is 41.2 Å². The van der Waals surface area contributed by atoms with E-state index in [9.17, 15) is 9.59 Å². The Hall–Kier alpha value is -3.59. The predicted molar refractivity (Wildman–Crippen MR) is 110 cm³/mol. The van der Waals surface area contributed by atoms with Crippen molar-refractivity contribution in [2.24, 2.45) is 0 Å². The number of nitrogens with zero attached hydrogens (tertiary/aromatic N) is 5. The van der Waals surface area contributed by atoms with Gasteiger partial charge in [-0.2, -0.15) is 9.61 Å². The number of Topliss-reactive ketones (excluding diaryl/α,β-unsaturated/α-hetero) is 1. The number of nitrogens with one attached hydrogen (secondary N) is 1. The monoisotopic (exact) mass is 404 g/mol. The molecule has 0 atom stereocenters. The van der Waals surface area contributed by atoms with Crippen LogP contribution in [0.1, 0.15) is 17.3 Å². The van der Waals surface area contributed by atoms with Gasteiger partial charge in [-0.1, -0.05) is 23.9 Å². The number of aromatic nitrogens is 5. The van der Waals surface area contributed by atoms with Crippen molar-refractivity contribution < 1.29 is 9.59 Å². The molecular formula is C20H16N6O2S. The summed E-state index contributed by atoms with van der Waals surface area (Å²) in [5.41, 5.74) is 3.40. The lowest BCUT2D eigenvalue weighted by Gasteiger charge is -2.06. The fourth-order valence-corrected chi connectivity index (χ4v) is 3.37. The molecule has 0 bridgehead atoms. The molecule has 1 aromatic carbocycles. The lowest BCUT2D eigenvalue weighted by atomic mass is 10.1. The Morgan fingerprint density at radius 3 is 2.69 bits per heavy atom. The summed E-state index contributed by atoms with van der Waals surface area (Å²) in [5, 5.41) is 16.1. The molecule has 0 unspecified atom stereocenters. The molecular weight excluding hydrogens is 388 g/mol.